The summed E-state index contributed by atoms with van der Waals surface area (Å²) in [5.74, 6) is 3.08. The standard InChI is InChI=1S/C18H24N2.2C2H6/c1-11-12(2)15-7-5-6-8-16(15)18(13(11)3)14(4)17-9-19-10-20-17;2*1-2/h5-14,18H,1-4H3,(H,19,20);2*1-2H3. The smallest absolute Gasteiger partial charge is 0.0921 e. The van der Waals surface area contributed by atoms with Crippen LogP contribution in [0.4, 0.5) is 0 Å². The number of aromatic amines is 1. The van der Waals surface area contributed by atoms with Crippen LogP contribution in [0.25, 0.3) is 0 Å². The van der Waals surface area contributed by atoms with Gasteiger partial charge in [-0.3, -0.25) is 0 Å². The van der Waals surface area contributed by atoms with E-state index < -0.39 is 0 Å². The van der Waals surface area contributed by atoms with Gasteiger partial charge < -0.3 is 4.98 Å². The Morgan fingerprint density at radius 3 is 2.04 bits per heavy atom. The molecule has 1 aliphatic rings. The van der Waals surface area contributed by atoms with E-state index in [1.807, 2.05) is 33.9 Å². The summed E-state index contributed by atoms with van der Waals surface area (Å²) in [5, 5.41) is 0. The summed E-state index contributed by atoms with van der Waals surface area (Å²) in [7, 11) is 0. The van der Waals surface area contributed by atoms with Gasteiger partial charge in [0, 0.05) is 17.8 Å². The molecule has 134 valence electrons. The zero-order chi connectivity index (χ0) is 18.3. The second-order valence-electron chi connectivity index (χ2n) is 6.46. The SMILES string of the molecule is CC.CC.CC1c2ccccc2C(C(C)c2cnc[nH]2)C(C)C1C. The number of aromatic nitrogens is 2. The van der Waals surface area contributed by atoms with Gasteiger partial charge in [0.15, 0.2) is 0 Å². The molecule has 2 heteroatoms. The molecule has 1 aliphatic carbocycles. The normalized spacial score (nSPS) is 26.2. The molecule has 1 aromatic heterocycles. The lowest BCUT2D eigenvalue weighted by molar-refractivity contribution is 0.242. The molecular formula is C22H36N2. The van der Waals surface area contributed by atoms with Gasteiger partial charge in [0.05, 0.1) is 6.33 Å². The molecule has 0 aliphatic heterocycles. The first-order valence-electron chi connectivity index (χ1n) is 9.68. The molecule has 0 fully saturated rings. The molecule has 24 heavy (non-hydrogen) atoms. The fourth-order valence-corrected chi connectivity index (χ4v) is 4.01. The van der Waals surface area contributed by atoms with Gasteiger partial charge >= 0.3 is 0 Å². The van der Waals surface area contributed by atoms with Crippen LogP contribution in [0.15, 0.2) is 36.8 Å². The van der Waals surface area contributed by atoms with Gasteiger partial charge in [-0.25, -0.2) is 4.98 Å². The van der Waals surface area contributed by atoms with Crippen molar-refractivity contribution >= 4 is 0 Å². The molecule has 0 radical (unpaired) electrons. The highest BCUT2D eigenvalue weighted by molar-refractivity contribution is 5.38. The summed E-state index contributed by atoms with van der Waals surface area (Å²) in [4.78, 5) is 7.50. The number of imidazole rings is 1. The average molecular weight is 329 g/mol. The van der Waals surface area contributed by atoms with Crippen molar-refractivity contribution in [1.82, 2.24) is 9.97 Å². The Labute approximate surface area is 149 Å². The lowest BCUT2D eigenvalue weighted by atomic mass is 9.62. The van der Waals surface area contributed by atoms with E-state index in [9.17, 15) is 0 Å². The van der Waals surface area contributed by atoms with E-state index in [-0.39, 0.29) is 0 Å². The van der Waals surface area contributed by atoms with Crippen LogP contribution in [0, 0.1) is 11.8 Å². The minimum Gasteiger partial charge on any atom is -0.348 e. The predicted molar refractivity (Wildman–Crippen MR) is 106 cm³/mol. The number of nitrogens with zero attached hydrogens (tertiary/aromatic N) is 1. The third-order valence-electron chi connectivity index (χ3n) is 5.58. The fraction of sp³-hybridized carbons (Fsp3) is 0.591. The molecule has 0 saturated heterocycles. The molecule has 0 spiro atoms. The summed E-state index contributed by atoms with van der Waals surface area (Å²) in [6.07, 6.45) is 3.76. The Balaban J connectivity index is 0.000000671. The number of hydrogen-bond acceptors (Lipinski definition) is 1. The quantitative estimate of drug-likeness (QED) is 0.649. The highest BCUT2D eigenvalue weighted by atomic mass is 14.9. The third-order valence-corrected chi connectivity index (χ3v) is 5.58. The van der Waals surface area contributed by atoms with Gasteiger partial charge in [0.1, 0.15) is 0 Å². The second-order valence-corrected chi connectivity index (χ2v) is 6.46. The number of hydrogen-bond donors (Lipinski definition) is 1. The van der Waals surface area contributed by atoms with Crippen molar-refractivity contribution in [3.63, 3.8) is 0 Å². The Hall–Kier alpha value is -1.57. The maximum absolute atomic E-state index is 4.20. The van der Waals surface area contributed by atoms with E-state index in [1.165, 1.54) is 16.8 Å². The predicted octanol–water partition coefficient (Wildman–Crippen LogP) is 6.74. The van der Waals surface area contributed by atoms with Crippen LogP contribution < -0.4 is 0 Å². The first kappa shape index (κ1) is 20.5. The number of nitrogens with one attached hydrogen (secondary N) is 1. The first-order valence-corrected chi connectivity index (χ1v) is 9.68. The third kappa shape index (κ3) is 3.91. The minimum atomic E-state index is 0.476. The monoisotopic (exact) mass is 328 g/mol. The topological polar surface area (TPSA) is 28.7 Å². The van der Waals surface area contributed by atoms with E-state index in [2.05, 4.69) is 61.9 Å². The van der Waals surface area contributed by atoms with Gasteiger partial charge in [-0.05, 0) is 34.8 Å². The summed E-state index contributed by atoms with van der Waals surface area (Å²) in [6, 6.07) is 9.00. The summed E-state index contributed by atoms with van der Waals surface area (Å²) < 4.78 is 0. The van der Waals surface area contributed by atoms with Crippen LogP contribution in [0.2, 0.25) is 0 Å². The molecule has 1 aromatic carbocycles. The Bertz CT molecular complexity index is 573. The number of rotatable bonds is 2. The van der Waals surface area contributed by atoms with Crippen LogP contribution in [-0.2, 0) is 0 Å². The molecule has 3 rings (SSSR count). The zero-order valence-electron chi connectivity index (χ0n) is 16.8. The van der Waals surface area contributed by atoms with Crippen molar-refractivity contribution < 1.29 is 0 Å². The summed E-state index contributed by atoms with van der Waals surface area (Å²) in [5.41, 5.74) is 4.32. The van der Waals surface area contributed by atoms with E-state index in [0.717, 1.165) is 0 Å². The lowest BCUT2D eigenvalue weighted by Crippen LogP contribution is -2.31. The van der Waals surface area contributed by atoms with Crippen LogP contribution in [0.5, 0.6) is 0 Å². The summed E-state index contributed by atoms with van der Waals surface area (Å²) >= 11 is 0. The van der Waals surface area contributed by atoms with Crippen molar-refractivity contribution in [2.45, 2.75) is 73.1 Å². The van der Waals surface area contributed by atoms with Gasteiger partial charge in [-0.2, -0.15) is 0 Å². The fourth-order valence-electron chi connectivity index (χ4n) is 4.01. The molecule has 2 nitrogen and oxygen atoms in total. The highest BCUT2D eigenvalue weighted by Gasteiger charge is 2.38. The van der Waals surface area contributed by atoms with Gasteiger partial charge in [-0.15, -0.1) is 0 Å². The molecule has 1 N–H and O–H groups in total. The molecule has 5 unspecified atom stereocenters. The van der Waals surface area contributed by atoms with Gasteiger partial charge in [-0.1, -0.05) is 79.7 Å². The average Bonchev–Trinajstić information content (AvgIpc) is 3.18. The van der Waals surface area contributed by atoms with Crippen molar-refractivity contribution in [1.29, 1.82) is 0 Å². The first-order chi connectivity index (χ1) is 11.6. The van der Waals surface area contributed by atoms with E-state index in [1.54, 1.807) is 6.33 Å². The largest absolute Gasteiger partial charge is 0.348 e. The van der Waals surface area contributed by atoms with Crippen molar-refractivity contribution in [2.24, 2.45) is 11.8 Å². The van der Waals surface area contributed by atoms with E-state index >= 15 is 0 Å². The van der Waals surface area contributed by atoms with E-state index in [4.69, 9.17) is 0 Å². The van der Waals surface area contributed by atoms with Crippen LogP contribution in [0.1, 0.15) is 90.0 Å². The Morgan fingerprint density at radius 1 is 0.917 bits per heavy atom. The Morgan fingerprint density at radius 2 is 1.50 bits per heavy atom. The highest BCUT2D eigenvalue weighted by Crippen LogP contribution is 2.50. The van der Waals surface area contributed by atoms with Crippen molar-refractivity contribution in [3.05, 3.63) is 53.6 Å². The van der Waals surface area contributed by atoms with Crippen molar-refractivity contribution in [3.8, 4) is 0 Å². The van der Waals surface area contributed by atoms with Crippen LogP contribution >= 0.6 is 0 Å². The Kier molecular flexibility index (Phi) is 8.24. The minimum absolute atomic E-state index is 0.476. The second kappa shape index (κ2) is 9.66. The zero-order valence-corrected chi connectivity index (χ0v) is 16.8. The maximum atomic E-state index is 4.20. The lowest BCUT2D eigenvalue weighted by Gasteiger charge is -2.42. The molecule has 1 heterocycles. The van der Waals surface area contributed by atoms with Crippen molar-refractivity contribution in [2.75, 3.05) is 0 Å². The van der Waals surface area contributed by atoms with Crippen LogP contribution in [-0.4, -0.2) is 9.97 Å². The molecule has 5 atom stereocenters. The van der Waals surface area contributed by atoms with E-state index in [0.29, 0.717) is 29.6 Å². The van der Waals surface area contributed by atoms with Gasteiger partial charge in [0.2, 0.25) is 0 Å². The summed E-state index contributed by atoms with van der Waals surface area (Å²) in [6.45, 7) is 17.5. The number of H-pyrrole nitrogens is 1. The molecular weight excluding hydrogens is 292 g/mol. The number of benzene rings is 1. The number of fused-ring (bicyclic) bond motifs is 1. The molecule has 0 saturated carbocycles. The maximum Gasteiger partial charge on any atom is 0.0921 e. The van der Waals surface area contributed by atoms with Gasteiger partial charge in [0.25, 0.3) is 0 Å². The molecule has 0 bridgehead atoms. The molecule has 0 amide bonds. The van der Waals surface area contributed by atoms with Crippen LogP contribution in [0.3, 0.4) is 0 Å². The molecule has 2 aromatic rings.